The van der Waals surface area contributed by atoms with Crippen molar-refractivity contribution in [3.63, 3.8) is 0 Å². The van der Waals surface area contributed by atoms with Gasteiger partial charge in [-0.3, -0.25) is 4.79 Å². The van der Waals surface area contributed by atoms with Crippen LogP contribution in [-0.2, 0) is 9.53 Å². The first kappa shape index (κ1) is 17.8. The average Bonchev–Trinajstić information content (AvgIpc) is 2.31. The minimum Gasteiger partial charge on any atom is -0.459 e. The van der Waals surface area contributed by atoms with Gasteiger partial charge in [-0.2, -0.15) is 0 Å². The van der Waals surface area contributed by atoms with E-state index in [2.05, 4.69) is 20.8 Å². The van der Waals surface area contributed by atoms with Crippen LogP contribution in [0.3, 0.4) is 0 Å². The fourth-order valence-electron chi connectivity index (χ4n) is 5.43. The Bertz CT molecular complexity index is 380. The molecule has 2 saturated carbocycles. The zero-order valence-corrected chi connectivity index (χ0v) is 15.0. The summed E-state index contributed by atoms with van der Waals surface area (Å²) in [5.74, 6) is 2.98. The van der Waals surface area contributed by atoms with E-state index in [4.69, 9.17) is 4.74 Å². The van der Waals surface area contributed by atoms with Crippen molar-refractivity contribution in [2.45, 2.75) is 84.8 Å². The van der Waals surface area contributed by atoms with Crippen LogP contribution in [0, 0.1) is 29.6 Å². The molecule has 0 aromatic heterocycles. The third-order valence-electron chi connectivity index (χ3n) is 5.77. The van der Waals surface area contributed by atoms with E-state index in [1.165, 1.54) is 32.6 Å². The lowest BCUT2D eigenvalue weighted by Crippen LogP contribution is -2.51. The van der Waals surface area contributed by atoms with E-state index in [-0.39, 0.29) is 18.0 Å². The van der Waals surface area contributed by atoms with E-state index in [9.17, 15) is 9.90 Å². The molecule has 3 heteroatoms. The molecule has 2 aliphatic carbocycles. The van der Waals surface area contributed by atoms with Crippen molar-refractivity contribution in [2.24, 2.45) is 29.6 Å². The predicted molar refractivity (Wildman–Crippen MR) is 88.4 cm³/mol. The van der Waals surface area contributed by atoms with Crippen molar-refractivity contribution in [3.05, 3.63) is 0 Å². The van der Waals surface area contributed by atoms with Gasteiger partial charge in [-0.1, -0.05) is 20.8 Å². The zero-order valence-electron chi connectivity index (χ0n) is 15.0. The van der Waals surface area contributed by atoms with Crippen molar-refractivity contribution in [2.75, 3.05) is 0 Å². The summed E-state index contributed by atoms with van der Waals surface area (Å²) in [6.45, 7) is 10.1. The highest BCUT2D eigenvalue weighted by Gasteiger charge is 2.45. The van der Waals surface area contributed by atoms with Gasteiger partial charge < -0.3 is 9.84 Å². The standard InChI is InChI=1S/C19H34O3/c1-12-6-13(2)8-16(7-12)10-17-9-14(3)18(22-15(4)20)19(5,21)11-17/h12-14,16-18,21H,6-11H2,1-5H3. The lowest BCUT2D eigenvalue weighted by Gasteiger charge is -2.45. The summed E-state index contributed by atoms with van der Waals surface area (Å²) < 4.78 is 5.40. The highest BCUT2D eigenvalue weighted by Crippen LogP contribution is 2.44. The molecular formula is C19H34O3. The summed E-state index contributed by atoms with van der Waals surface area (Å²) in [5.41, 5.74) is -0.889. The van der Waals surface area contributed by atoms with E-state index in [0.29, 0.717) is 5.92 Å². The molecule has 2 rings (SSSR count). The van der Waals surface area contributed by atoms with Gasteiger partial charge in [0.15, 0.2) is 0 Å². The summed E-state index contributed by atoms with van der Waals surface area (Å²) in [5, 5.41) is 10.8. The molecule has 0 spiro atoms. The first-order valence-corrected chi connectivity index (χ1v) is 9.07. The fourth-order valence-corrected chi connectivity index (χ4v) is 5.43. The zero-order chi connectivity index (χ0) is 16.5. The molecular weight excluding hydrogens is 276 g/mol. The third-order valence-corrected chi connectivity index (χ3v) is 5.77. The number of esters is 1. The van der Waals surface area contributed by atoms with Gasteiger partial charge in [-0.05, 0) is 75.0 Å². The molecule has 0 saturated heterocycles. The number of carbonyl (C=O) groups excluding carboxylic acids is 1. The lowest BCUT2D eigenvalue weighted by atomic mass is 9.66. The van der Waals surface area contributed by atoms with Crippen molar-refractivity contribution in [1.82, 2.24) is 0 Å². The van der Waals surface area contributed by atoms with Gasteiger partial charge in [0.05, 0.1) is 5.60 Å². The number of hydrogen-bond acceptors (Lipinski definition) is 3. The van der Waals surface area contributed by atoms with Crippen LogP contribution in [0.1, 0.15) is 73.1 Å². The minimum atomic E-state index is -0.889. The number of aliphatic hydroxyl groups is 1. The topological polar surface area (TPSA) is 46.5 Å². The molecule has 1 N–H and O–H groups in total. The van der Waals surface area contributed by atoms with Gasteiger partial charge in [0.2, 0.25) is 0 Å². The maximum atomic E-state index is 11.3. The van der Waals surface area contributed by atoms with Crippen LogP contribution in [0.4, 0.5) is 0 Å². The van der Waals surface area contributed by atoms with Gasteiger partial charge in [0.1, 0.15) is 6.10 Å². The summed E-state index contributed by atoms with van der Waals surface area (Å²) in [7, 11) is 0. The molecule has 22 heavy (non-hydrogen) atoms. The fraction of sp³-hybridized carbons (Fsp3) is 0.947. The van der Waals surface area contributed by atoms with Gasteiger partial charge in [0.25, 0.3) is 0 Å². The lowest BCUT2D eigenvalue weighted by molar-refractivity contribution is -0.179. The van der Waals surface area contributed by atoms with E-state index in [1.54, 1.807) is 0 Å². The normalized spacial score (nSPS) is 46.3. The molecule has 3 nitrogen and oxygen atoms in total. The monoisotopic (exact) mass is 310 g/mol. The summed E-state index contributed by atoms with van der Waals surface area (Å²) in [6, 6.07) is 0. The van der Waals surface area contributed by atoms with Gasteiger partial charge >= 0.3 is 5.97 Å². The Morgan fingerprint density at radius 1 is 1.09 bits per heavy atom. The van der Waals surface area contributed by atoms with E-state index in [1.807, 2.05) is 6.92 Å². The van der Waals surface area contributed by atoms with Crippen molar-refractivity contribution in [1.29, 1.82) is 0 Å². The van der Waals surface area contributed by atoms with Crippen LogP contribution in [0.15, 0.2) is 0 Å². The second kappa shape index (κ2) is 6.90. The average molecular weight is 310 g/mol. The van der Waals surface area contributed by atoms with Crippen LogP contribution in [0.2, 0.25) is 0 Å². The molecule has 0 radical (unpaired) electrons. The maximum Gasteiger partial charge on any atom is 0.303 e. The second-order valence-corrected chi connectivity index (χ2v) is 8.69. The molecule has 2 aliphatic rings. The van der Waals surface area contributed by atoms with Crippen molar-refractivity contribution in [3.8, 4) is 0 Å². The summed E-state index contributed by atoms with van der Waals surface area (Å²) >= 11 is 0. The Morgan fingerprint density at radius 2 is 1.68 bits per heavy atom. The number of carbonyl (C=O) groups is 1. The largest absolute Gasteiger partial charge is 0.459 e. The van der Waals surface area contributed by atoms with E-state index in [0.717, 1.165) is 30.6 Å². The number of hydrogen-bond donors (Lipinski definition) is 1. The van der Waals surface area contributed by atoms with Crippen LogP contribution in [0.5, 0.6) is 0 Å². The molecule has 2 fully saturated rings. The minimum absolute atomic E-state index is 0.232. The first-order valence-electron chi connectivity index (χ1n) is 9.07. The highest BCUT2D eigenvalue weighted by molar-refractivity contribution is 5.66. The summed E-state index contributed by atoms with van der Waals surface area (Å²) in [6.07, 6.45) is 6.73. The molecule has 0 amide bonds. The van der Waals surface area contributed by atoms with Gasteiger partial charge in [-0.25, -0.2) is 0 Å². The third kappa shape index (κ3) is 4.47. The number of ether oxygens (including phenoxy) is 1. The smallest absolute Gasteiger partial charge is 0.303 e. The second-order valence-electron chi connectivity index (χ2n) is 8.69. The van der Waals surface area contributed by atoms with Gasteiger partial charge in [-0.15, -0.1) is 0 Å². The molecule has 0 aromatic carbocycles. The SMILES string of the molecule is CC(=O)OC1C(C)CC(CC2CC(C)CC(C)C2)CC1(C)O. The van der Waals surface area contributed by atoms with Crippen LogP contribution >= 0.6 is 0 Å². The van der Waals surface area contributed by atoms with Crippen molar-refractivity contribution < 1.29 is 14.6 Å². The molecule has 6 atom stereocenters. The molecule has 0 heterocycles. The van der Waals surface area contributed by atoms with E-state index >= 15 is 0 Å². The molecule has 0 aliphatic heterocycles. The quantitative estimate of drug-likeness (QED) is 0.796. The molecule has 6 unspecified atom stereocenters. The number of rotatable bonds is 3. The molecule has 0 aromatic rings. The van der Waals surface area contributed by atoms with Crippen molar-refractivity contribution >= 4 is 5.97 Å². The molecule has 128 valence electrons. The maximum absolute atomic E-state index is 11.3. The van der Waals surface area contributed by atoms with E-state index < -0.39 is 5.60 Å². The van der Waals surface area contributed by atoms with Gasteiger partial charge in [0, 0.05) is 6.92 Å². The Labute approximate surface area is 135 Å². The predicted octanol–water partition coefficient (Wildman–Crippen LogP) is 4.18. The Hall–Kier alpha value is -0.570. The Morgan fingerprint density at radius 3 is 2.18 bits per heavy atom. The first-order chi connectivity index (χ1) is 10.2. The molecule has 0 bridgehead atoms. The Kier molecular flexibility index (Phi) is 5.58. The summed E-state index contributed by atoms with van der Waals surface area (Å²) in [4.78, 5) is 11.3. The van der Waals surface area contributed by atoms with Crippen LogP contribution in [-0.4, -0.2) is 22.8 Å². The van der Waals surface area contributed by atoms with Crippen LogP contribution < -0.4 is 0 Å². The Balaban J connectivity index is 1.96. The highest BCUT2D eigenvalue weighted by atomic mass is 16.6. The van der Waals surface area contributed by atoms with Crippen LogP contribution in [0.25, 0.3) is 0 Å².